The summed E-state index contributed by atoms with van der Waals surface area (Å²) in [6.07, 6.45) is 0. The fraction of sp³-hybridized carbons (Fsp3) is 0.222. The molecule has 4 nitrogen and oxygen atoms in total. The molecule has 0 heterocycles. The van der Waals surface area contributed by atoms with E-state index in [1.165, 1.54) is 14.2 Å². The molecule has 0 saturated carbocycles. The molecule has 1 rings (SSSR count). The minimum absolute atomic E-state index is 0.582. The van der Waals surface area contributed by atoms with Gasteiger partial charge in [0, 0.05) is 19.2 Å². The number of halogens is 2. The van der Waals surface area contributed by atoms with Gasteiger partial charge in [-0.25, -0.2) is 13.8 Å². The van der Waals surface area contributed by atoms with Crippen molar-refractivity contribution in [3.8, 4) is 5.75 Å². The first kappa shape index (κ1) is 11.4. The second kappa shape index (κ2) is 4.22. The first-order chi connectivity index (χ1) is 6.97. The van der Waals surface area contributed by atoms with Crippen LogP contribution in [-0.2, 0) is 4.84 Å². The minimum Gasteiger partial charge on any atom is -0.508 e. The molecule has 0 saturated heterocycles. The zero-order valence-electron chi connectivity index (χ0n) is 8.12. The zero-order chi connectivity index (χ0) is 11.6. The van der Waals surface area contributed by atoms with Crippen LogP contribution in [0.2, 0.25) is 0 Å². The normalized spacial score (nSPS) is 10.1. The Morgan fingerprint density at radius 2 is 1.87 bits per heavy atom. The molecule has 0 fully saturated rings. The van der Waals surface area contributed by atoms with Gasteiger partial charge in [-0.05, 0) is 0 Å². The van der Waals surface area contributed by atoms with E-state index in [2.05, 4.69) is 4.84 Å². The van der Waals surface area contributed by atoms with Crippen molar-refractivity contribution in [1.29, 1.82) is 0 Å². The van der Waals surface area contributed by atoms with Crippen LogP contribution in [0.1, 0.15) is 10.4 Å². The molecule has 1 aromatic carbocycles. The predicted octanol–water partition coefficient (Wildman–Crippen LogP) is 1.30. The van der Waals surface area contributed by atoms with Gasteiger partial charge < -0.3 is 5.11 Å². The van der Waals surface area contributed by atoms with Gasteiger partial charge in [-0.3, -0.25) is 9.63 Å². The monoisotopic (exact) mass is 217 g/mol. The minimum atomic E-state index is -1.14. The summed E-state index contributed by atoms with van der Waals surface area (Å²) in [5, 5.41) is 9.54. The highest BCUT2D eigenvalue weighted by Gasteiger charge is 2.21. The second-order valence-electron chi connectivity index (χ2n) is 2.77. The maximum absolute atomic E-state index is 13.2. The van der Waals surface area contributed by atoms with E-state index >= 15 is 0 Å². The Hall–Kier alpha value is -1.69. The van der Waals surface area contributed by atoms with Crippen LogP contribution in [0.15, 0.2) is 12.1 Å². The van der Waals surface area contributed by atoms with E-state index in [1.807, 2.05) is 0 Å². The first-order valence-electron chi connectivity index (χ1n) is 3.97. The van der Waals surface area contributed by atoms with Gasteiger partial charge in [0.1, 0.15) is 22.9 Å². The van der Waals surface area contributed by atoms with Crippen LogP contribution in [0.3, 0.4) is 0 Å². The Bertz CT molecular complexity index is 372. The number of phenolic OH excluding ortho intramolecular Hbond substituents is 1. The standard InChI is InChI=1S/C9H9F2NO3/c1-12(15-2)9(14)8-6(10)3-5(13)4-7(8)11/h3-4,13H,1-2H3. The molecular formula is C9H9F2NO3. The molecule has 6 heteroatoms. The van der Waals surface area contributed by atoms with E-state index in [0.717, 1.165) is 0 Å². The Kier molecular flexibility index (Phi) is 3.21. The summed E-state index contributed by atoms with van der Waals surface area (Å²) >= 11 is 0. The quantitative estimate of drug-likeness (QED) is 0.759. The summed E-state index contributed by atoms with van der Waals surface area (Å²) in [4.78, 5) is 15.9. The molecular weight excluding hydrogens is 208 g/mol. The third-order valence-electron chi connectivity index (χ3n) is 1.80. The average Bonchev–Trinajstić information content (AvgIpc) is 2.14. The van der Waals surface area contributed by atoms with Crippen LogP contribution in [0, 0.1) is 11.6 Å². The van der Waals surface area contributed by atoms with Gasteiger partial charge in [0.05, 0.1) is 7.11 Å². The highest BCUT2D eigenvalue weighted by molar-refractivity contribution is 5.94. The summed E-state index contributed by atoms with van der Waals surface area (Å²) in [6, 6.07) is 1.31. The number of benzene rings is 1. The maximum Gasteiger partial charge on any atom is 0.283 e. The van der Waals surface area contributed by atoms with Crippen molar-refractivity contribution in [2.24, 2.45) is 0 Å². The van der Waals surface area contributed by atoms with Gasteiger partial charge in [-0.2, -0.15) is 0 Å². The van der Waals surface area contributed by atoms with E-state index in [-0.39, 0.29) is 0 Å². The number of nitrogens with zero attached hydrogens (tertiary/aromatic N) is 1. The zero-order valence-corrected chi connectivity index (χ0v) is 8.12. The molecule has 0 unspecified atom stereocenters. The molecule has 0 bridgehead atoms. The molecule has 15 heavy (non-hydrogen) atoms. The van der Waals surface area contributed by atoms with Crippen LogP contribution >= 0.6 is 0 Å². The third kappa shape index (κ3) is 2.21. The smallest absolute Gasteiger partial charge is 0.283 e. The van der Waals surface area contributed by atoms with Crippen LogP contribution in [0.4, 0.5) is 8.78 Å². The fourth-order valence-electron chi connectivity index (χ4n) is 1.00. The summed E-state index contributed by atoms with van der Waals surface area (Å²) < 4.78 is 26.3. The van der Waals surface area contributed by atoms with Crippen molar-refractivity contribution in [3.05, 3.63) is 29.3 Å². The van der Waals surface area contributed by atoms with E-state index in [9.17, 15) is 13.6 Å². The van der Waals surface area contributed by atoms with E-state index in [1.54, 1.807) is 0 Å². The molecule has 1 aromatic rings. The van der Waals surface area contributed by atoms with Gasteiger partial charge >= 0.3 is 0 Å². The average molecular weight is 217 g/mol. The van der Waals surface area contributed by atoms with Crippen LogP contribution in [-0.4, -0.2) is 30.2 Å². The summed E-state index contributed by atoms with van der Waals surface area (Å²) in [7, 11) is 2.40. The van der Waals surface area contributed by atoms with E-state index in [4.69, 9.17) is 5.11 Å². The SMILES string of the molecule is CON(C)C(=O)c1c(F)cc(O)cc1F. The second-order valence-corrected chi connectivity index (χ2v) is 2.77. The van der Waals surface area contributed by atoms with Crippen LogP contribution in [0.5, 0.6) is 5.75 Å². The van der Waals surface area contributed by atoms with Gasteiger partial charge in [0.2, 0.25) is 0 Å². The van der Waals surface area contributed by atoms with Crippen molar-refractivity contribution in [2.45, 2.75) is 0 Å². The molecule has 0 aliphatic rings. The fourth-order valence-corrected chi connectivity index (χ4v) is 1.00. The van der Waals surface area contributed by atoms with Gasteiger partial charge in [-0.15, -0.1) is 0 Å². The lowest BCUT2D eigenvalue weighted by Gasteiger charge is -2.14. The van der Waals surface area contributed by atoms with Crippen molar-refractivity contribution in [1.82, 2.24) is 5.06 Å². The topological polar surface area (TPSA) is 49.8 Å². The van der Waals surface area contributed by atoms with E-state index in [0.29, 0.717) is 17.2 Å². The number of rotatable bonds is 2. The molecule has 1 N–H and O–H groups in total. The summed E-state index contributed by atoms with van der Waals surface area (Å²) in [5.74, 6) is -3.82. The number of aromatic hydroxyl groups is 1. The molecule has 82 valence electrons. The Morgan fingerprint density at radius 3 is 2.27 bits per heavy atom. The molecule has 0 aromatic heterocycles. The highest BCUT2D eigenvalue weighted by Crippen LogP contribution is 2.20. The molecule has 0 radical (unpaired) electrons. The lowest BCUT2D eigenvalue weighted by molar-refractivity contribution is -0.0762. The van der Waals surface area contributed by atoms with Gasteiger partial charge in [0.25, 0.3) is 5.91 Å². The van der Waals surface area contributed by atoms with Crippen molar-refractivity contribution < 1.29 is 23.5 Å². The largest absolute Gasteiger partial charge is 0.508 e. The number of phenols is 1. The number of amides is 1. The Balaban J connectivity index is 3.20. The molecule has 0 atom stereocenters. The van der Waals surface area contributed by atoms with E-state index < -0.39 is 28.9 Å². The number of hydrogen-bond acceptors (Lipinski definition) is 3. The molecule has 1 amide bonds. The van der Waals surface area contributed by atoms with Crippen molar-refractivity contribution in [3.63, 3.8) is 0 Å². The number of carbonyl (C=O) groups is 1. The Morgan fingerprint density at radius 1 is 1.40 bits per heavy atom. The number of carbonyl (C=O) groups excluding carboxylic acids is 1. The van der Waals surface area contributed by atoms with Crippen molar-refractivity contribution >= 4 is 5.91 Å². The molecule has 0 aliphatic heterocycles. The van der Waals surface area contributed by atoms with Crippen LogP contribution in [0.25, 0.3) is 0 Å². The van der Waals surface area contributed by atoms with Gasteiger partial charge in [-0.1, -0.05) is 0 Å². The maximum atomic E-state index is 13.2. The van der Waals surface area contributed by atoms with Crippen molar-refractivity contribution in [2.75, 3.05) is 14.2 Å². The van der Waals surface area contributed by atoms with Crippen LogP contribution < -0.4 is 0 Å². The third-order valence-corrected chi connectivity index (χ3v) is 1.80. The molecule has 0 spiro atoms. The lowest BCUT2D eigenvalue weighted by Crippen LogP contribution is -2.27. The number of hydroxylamine groups is 2. The predicted molar refractivity (Wildman–Crippen MR) is 47.1 cm³/mol. The summed E-state index contributed by atoms with van der Waals surface area (Å²) in [5.41, 5.74) is -0.767. The lowest BCUT2D eigenvalue weighted by atomic mass is 10.1. The highest BCUT2D eigenvalue weighted by atomic mass is 19.1. The molecule has 0 aliphatic carbocycles. The van der Waals surface area contributed by atoms with Gasteiger partial charge in [0.15, 0.2) is 0 Å². The first-order valence-corrected chi connectivity index (χ1v) is 3.97. The Labute approximate surface area is 84.6 Å². The summed E-state index contributed by atoms with van der Waals surface area (Å²) in [6.45, 7) is 0. The number of hydrogen-bond donors (Lipinski definition) is 1.